The van der Waals surface area contributed by atoms with E-state index in [0.717, 1.165) is 6.42 Å². The Morgan fingerprint density at radius 3 is 1.10 bits per heavy atom. The molecule has 0 radical (unpaired) electrons. The van der Waals surface area contributed by atoms with E-state index >= 15 is 0 Å². The van der Waals surface area contributed by atoms with Gasteiger partial charge in [0.1, 0.15) is 0 Å². The molecular weight excluding hydrogens is 372 g/mol. The third-order valence-electron chi connectivity index (χ3n) is 6.52. The molecule has 2 aromatic rings. The van der Waals surface area contributed by atoms with Crippen LogP contribution in [0.1, 0.15) is 129 Å². The lowest BCUT2D eigenvalue weighted by Crippen LogP contribution is -2.25. The summed E-state index contributed by atoms with van der Waals surface area (Å²) in [4.78, 5) is 0. The van der Waals surface area contributed by atoms with Crippen molar-refractivity contribution in [1.29, 1.82) is 0 Å². The Morgan fingerprint density at radius 2 is 0.806 bits per heavy atom. The molecule has 0 heteroatoms. The van der Waals surface area contributed by atoms with Gasteiger partial charge in [-0.1, -0.05) is 126 Å². The first-order valence-corrected chi connectivity index (χ1v) is 12.1. The molecular formula is C31H48. The van der Waals surface area contributed by atoms with Crippen LogP contribution in [0.2, 0.25) is 0 Å². The Morgan fingerprint density at radius 1 is 0.516 bits per heavy atom. The van der Waals surface area contributed by atoms with Gasteiger partial charge in [0.2, 0.25) is 0 Å². The molecule has 0 nitrogen and oxygen atoms in total. The average Bonchev–Trinajstić information content (AvgIpc) is 2.57. The Labute approximate surface area is 193 Å². The summed E-state index contributed by atoms with van der Waals surface area (Å²) in [6.45, 7) is 30.7. The van der Waals surface area contributed by atoms with Gasteiger partial charge in [-0.15, -0.1) is 0 Å². The SMILES string of the molecule is CC(Cc1c(C(C)(C)C)cccc1C(C)(C)C)c1c(C(C)(C)C)cccc1C(C)(C)C. The van der Waals surface area contributed by atoms with Crippen LogP contribution in [0.5, 0.6) is 0 Å². The molecule has 0 aliphatic carbocycles. The molecule has 0 aliphatic heterocycles. The van der Waals surface area contributed by atoms with Crippen molar-refractivity contribution >= 4 is 0 Å². The molecule has 1 unspecified atom stereocenters. The fourth-order valence-corrected chi connectivity index (χ4v) is 5.02. The maximum atomic E-state index is 2.45. The summed E-state index contributed by atoms with van der Waals surface area (Å²) in [6.07, 6.45) is 1.08. The van der Waals surface area contributed by atoms with Crippen molar-refractivity contribution in [2.75, 3.05) is 0 Å². The minimum absolute atomic E-state index is 0.126. The van der Waals surface area contributed by atoms with Crippen molar-refractivity contribution in [2.24, 2.45) is 0 Å². The molecule has 0 fully saturated rings. The number of benzene rings is 2. The Bertz CT molecular complexity index is 835. The van der Waals surface area contributed by atoms with Gasteiger partial charge in [0.25, 0.3) is 0 Å². The summed E-state index contributed by atoms with van der Waals surface area (Å²) in [6, 6.07) is 14.0. The van der Waals surface area contributed by atoms with Gasteiger partial charge in [-0.25, -0.2) is 0 Å². The van der Waals surface area contributed by atoms with Crippen molar-refractivity contribution in [3.63, 3.8) is 0 Å². The van der Waals surface area contributed by atoms with E-state index in [1.165, 1.54) is 22.3 Å². The Hall–Kier alpha value is -1.56. The summed E-state index contributed by atoms with van der Waals surface area (Å²) in [5.41, 5.74) is 9.62. The molecule has 172 valence electrons. The Balaban J connectivity index is 2.76. The quantitative estimate of drug-likeness (QED) is 0.464. The summed E-state index contributed by atoms with van der Waals surface area (Å²) in [5.74, 6) is 0.453. The molecule has 0 aromatic heterocycles. The van der Waals surface area contributed by atoms with E-state index in [-0.39, 0.29) is 21.7 Å². The smallest absolute Gasteiger partial charge is 0.0129 e. The highest BCUT2D eigenvalue weighted by atomic mass is 14.4. The second-order valence-corrected chi connectivity index (χ2v) is 13.7. The predicted octanol–water partition coefficient (Wildman–Crippen LogP) is 9.22. The maximum absolute atomic E-state index is 2.45. The van der Waals surface area contributed by atoms with Crippen molar-refractivity contribution in [3.05, 3.63) is 69.8 Å². The maximum Gasteiger partial charge on any atom is -0.0129 e. The van der Waals surface area contributed by atoms with Crippen molar-refractivity contribution in [2.45, 2.75) is 124 Å². The molecule has 0 amide bonds. The molecule has 0 aliphatic rings. The second-order valence-electron chi connectivity index (χ2n) is 13.7. The highest BCUT2D eigenvalue weighted by Gasteiger charge is 2.31. The third-order valence-corrected chi connectivity index (χ3v) is 6.52. The van der Waals surface area contributed by atoms with Crippen LogP contribution in [0.25, 0.3) is 0 Å². The zero-order valence-electron chi connectivity index (χ0n) is 22.7. The van der Waals surface area contributed by atoms with Gasteiger partial charge in [0, 0.05) is 0 Å². The van der Waals surface area contributed by atoms with Gasteiger partial charge < -0.3 is 0 Å². The van der Waals surface area contributed by atoms with Gasteiger partial charge >= 0.3 is 0 Å². The topological polar surface area (TPSA) is 0 Å². The molecule has 2 rings (SSSR count). The van der Waals surface area contributed by atoms with Crippen LogP contribution < -0.4 is 0 Å². The number of hydrogen-bond acceptors (Lipinski definition) is 0. The molecule has 0 saturated heterocycles. The third kappa shape index (κ3) is 5.82. The fraction of sp³-hybridized carbons (Fsp3) is 0.613. The molecule has 0 heterocycles. The van der Waals surface area contributed by atoms with Crippen LogP contribution in [-0.4, -0.2) is 0 Å². The zero-order valence-corrected chi connectivity index (χ0v) is 22.7. The average molecular weight is 421 g/mol. The minimum atomic E-state index is 0.126. The number of hydrogen-bond donors (Lipinski definition) is 0. The first-order valence-electron chi connectivity index (χ1n) is 12.1. The van der Waals surface area contributed by atoms with Crippen molar-refractivity contribution in [3.8, 4) is 0 Å². The van der Waals surface area contributed by atoms with E-state index in [2.05, 4.69) is 126 Å². The van der Waals surface area contributed by atoms with E-state index in [9.17, 15) is 0 Å². The molecule has 31 heavy (non-hydrogen) atoms. The van der Waals surface area contributed by atoms with Crippen LogP contribution in [0.4, 0.5) is 0 Å². The lowest BCUT2D eigenvalue weighted by Gasteiger charge is -2.35. The van der Waals surface area contributed by atoms with Crippen molar-refractivity contribution < 1.29 is 0 Å². The monoisotopic (exact) mass is 420 g/mol. The molecule has 0 bridgehead atoms. The van der Waals surface area contributed by atoms with Crippen LogP contribution in [0, 0.1) is 0 Å². The fourth-order valence-electron chi connectivity index (χ4n) is 5.02. The van der Waals surface area contributed by atoms with E-state index in [0.29, 0.717) is 5.92 Å². The largest absolute Gasteiger partial charge is 0.0617 e. The van der Waals surface area contributed by atoms with E-state index in [4.69, 9.17) is 0 Å². The van der Waals surface area contributed by atoms with Crippen molar-refractivity contribution in [1.82, 2.24) is 0 Å². The molecule has 0 spiro atoms. The lowest BCUT2D eigenvalue weighted by atomic mass is 9.69. The van der Waals surface area contributed by atoms with E-state index < -0.39 is 0 Å². The standard InChI is InChI=1S/C31H48/c1-21(27-25(30(8,9)10)18-15-19-26(27)31(11,12)13)20-22-23(28(2,3)4)16-14-17-24(22)29(5,6)7/h14-19,21H,20H2,1-13H3. The van der Waals surface area contributed by atoms with Gasteiger partial charge in [-0.05, 0) is 67.4 Å². The summed E-state index contributed by atoms with van der Waals surface area (Å²) in [5, 5.41) is 0. The Kier molecular flexibility index (Phi) is 6.98. The molecule has 2 aromatic carbocycles. The van der Waals surface area contributed by atoms with Crippen LogP contribution >= 0.6 is 0 Å². The van der Waals surface area contributed by atoms with Crippen LogP contribution in [0.15, 0.2) is 36.4 Å². The van der Waals surface area contributed by atoms with E-state index in [1.807, 2.05) is 0 Å². The van der Waals surface area contributed by atoms with E-state index in [1.54, 1.807) is 11.1 Å². The predicted molar refractivity (Wildman–Crippen MR) is 140 cm³/mol. The number of rotatable bonds is 3. The summed E-state index contributed by atoms with van der Waals surface area (Å²) in [7, 11) is 0. The lowest BCUT2D eigenvalue weighted by molar-refractivity contribution is 0.527. The second kappa shape index (κ2) is 8.42. The van der Waals surface area contributed by atoms with Gasteiger partial charge in [0.15, 0.2) is 0 Å². The first kappa shape index (κ1) is 25.7. The normalized spacial score (nSPS) is 14.6. The van der Waals surface area contributed by atoms with Crippen LogP contribution in [-0.2, 0) is 28.1 Å². The van der Waals surface area contributed by atoms with Crippen LogP contribution in [0.3, 0.4) is 0 Å². The summed E-state index contributed by atoms with van der Waals surface area (Å²) >= 11 is 0. The van der Waals surface area contributed by atoms with Gasteiger partial charge in [-0.2, -0.15) is 0 Å². The molecule has 0 N–H and O–H groups in total. The minimum Gasteiger partial charge on any atom is -0.0617 e. The molecule has 0 saturated carbocycles. The first-order chi connectivity index (χ1) is 13.8. The highest BCUT2D eigenvalue weighted by Crippen LogP contribution is 2.42. The zero-order chi connectivity index (χ0) is 24.0. The molecule has 1 atom stereocenters. The van der Waals surface area contributed by atoms with Gasteiger partial charge in [0.05, 0.1) is 0 Å². The summed E-state index contributed by atoms with van der Waals surface area (Å²) < 4.78 is 0. The van der Waals surface area contributed by atoms with Gasteiger partial charge in [-0.3, -0.25) is 0 Å². The highest BCUT2D eigenvalue weighted by molar-refractivity contribution is 5.48.